The normalized spacial score (nSPS) is 19.5. The van der Waals surface area contributed by atoms with E-state index in [9.17, 15) is 4.79 Å². The summed E-state index contributed by atoms with van der Waals surface area (Å²) in [7, 11) is -0.486. The molecular weight excluding hydrogens is 369 g/mol. The fourth-order valence-corrected chi connectivity index (χ4v) is 2.79. The highest BCUT2D eigenvalue weighted by Crippen LogP contribution is 2.39. The molecule has 1 aromatic carbocycles. The average Bonchev–Trinajstić information content (AvgIpc) is 2.67. The summed E-state index contributed by atoms with van der Waals surface area (Å²) < 4.78 is 13.3. The van der Waals surface area contributed by atoms with Gasteiger partial charge in [-0.25, -0.2) is 0 Å². The largest absolute Gasteiger partial charge is 0.492 e. The van der Waals surface area contributed by atoms with Crippen LogP contribution in [0.1, 0.15) is 45.7 Å². The molecule has 130 valence electrons. The van der Waals surface area contributed by atoms with Gasteiger partial charge in [-0.3, -0.25) is 4.79 Å². The van der Waals surface area contributed by atoms with Gasteiger partial charge in [0.05, 0.1) is 11.2 Å². The van der Waals surface area contributed by atoms with Gasteiger partial charge >= 0.3 is 7.12 Å². The van der Waals surface area contributed by atoms with Crippen LogP contribution in [-0.2, 0) is 14.1 Å². The van der Waals surface area contributed by atoms with Gasteiger partial charge in [0.2, 0.25) is 5.91 Å². The molecular formula is C18H25BBrNO3. The van der Waals surface area contributed by atoms with Gasteiger partial charge in [0.15, 0.2) is 0 Å². The number of hydrogen-bond acceptors (Lipinski definition) is 3. The van der Waals surface area contributed by atoms with E-state index in [0.717, 1.165) is 21.1 Å². The molecule has 0 atom stereocenters. The van der Waals surface area contributed by atoms with Crippen LogP contribution in [0.15, 0.2) is 28.1 Å². The number of benzene rings is 1. The van der Waals surface area contributed by atoms with Crippen molar-refractivity contribution < 1.29 is 14.1 Å². The lowest BCUT2D eigenvalue weighted by atomic mass is 9.76. The molecule has 1 aliphatic rings. The Hall–Kier alpha value is -1.11. The maximum Gasteiger partial charge on any atom is 0.492 e. The quantitative estimate of drug-likeness (QED) is 0.789. The zero-order valence-corrected chi connectivity index (χ0v) is 16.8. The Kier molecular flexibility index (Phi) is 5.62. The van der Waals surface area contributed by atoms with Crippen molar-refractivity contribution in [2.75, 3.05) is 6.54 Å². The molecule has 1 saturated heterocycles. The van der Waals surface area contributed by atoms with Gasteiger partial charge in [-0.15, -0.1) is 0 Å². The minimum absolute atomic E-state index is 0.0802. The van der Waals surface area contributed by atoms with Crippen LogP contribution < -0.4 is 5.32 Å². The zero-order chi connectivity index (χ0) is 18.1. The number of rotatable bonds is 4. The molecule has 1 heterocycles. The number of halogens is 1. The van der Waals surface area contributed by atoms with Crippen LogP contribution in [0.5, 0.6) is 0 Å². The maximum absolute atomic E-state index is 11.4. The van der Waals surface area contributed by atoms with E-state index in [1.54, 1.807) is 0 Å². The van der Waals surface area contributed by atoms with Crippen molar-refractivity contribution in [2.24, 2.45) is 0 Å². The summed E-state index contributed by atoms with van der Waals surface area (Å²) in [6.45, 7) is 12.0. The van der Waals surface area contributed by atoms with E-state index < -0.39 is 18.3 Å². The highest BCUT2D eigenvalue weighted by molar-refractivity contribution is 9.10. The van der Waals surface area contributed by atoms with Crippen molar-refractivity contribution in [3.63, 3.8) is 0 Å². The molecule has 1 amide bonds. The van der Waals surface area contributed by atoms with Crippen LogP contribution in [-0.4, -0.2) is 30.8 Å². The molecule has 0 unspecified atom stereocenters. The predicted octanol–water partition coefficient (Wildman–Crippen LogP) is 3.91. The van der Waals surface area contributed by atoms with Crippen LogP contribution in [0.2, 0.25) is 0 Å². The van der Waals surface area contributed by atoms with Gasteiger partial charge in [0.25, 0.3) is 0 Å². The average molecular weight is 394 g/mol. The van der Waals surface area contributed by atoms with E-state index in [0.29, 0.717) is 6.54 Å². The highest BCUT2D eigenvalue weighted by atomic mass is 79.9. The van der Waals surface area contributed by atoms with E-state index >= 15 is 0 Å². The Morgan fingerprint density at radius 3 is 2.38 bits per heavy atom. The number of amides is 1. The number of hydrogen-bond donors (Lipinski definition) is 1. The molecule has 24 heavy (non-hydrogen) atoms. The van der Waals surface area contributed by atoms with Crippen LogP contribution in [0.4, 0.5) is 0 Å². The monoisotopic (exact) mass is 393 g/mol. The predicted molar refractivity (Wildman–Crippen MR) is 102 cm³/mol. The SMILES string of the molecule is CC(=O)NCC(=Cc1cccc(Br)c1C)B1OC(C)(C)C(C)(C)O1. The van der Waals surface area contributed by atoms with Gasteiger partial charge in [0.1, 0.15) is 0 Å². The molecule has 2 rings (SSSR count). The molecule has 0 radical (unpaired) electrons. The number of carbonyl (C=O) groups is 1. The molecule has 0 saturated carbocycles. The molecule has 6 heteroatoms. The summed E-state index contributed by atoms with van der Waals surface area (Å²) in [4.78, 5) is 11.4. The smallest absolute Gasteiger partial charge is 0.400 e. The Balaban J connectivity index is 2.37. The number of carbonyl (C=O) groups excluding carboxylic acids is 1. The first kappa shape index (κ1) is 19.2. The summed E-state index contributed by atoms with van der Waals surface area (Å²) in [5.74, 6) is -0.0802. The fraction of sp³-hybridized carbons (Fsp3) is 0.500. The first-order chi connectivity index (χ1) is 11.0. The van der Waals surface area contributed by atoms with Crippen molar-refractivity contribution in [3.05, 3.63) is 39.3 Å². The van der Waals surface area contributed by atoms with E-state index in [-0.39, 0.29) is 5.91 Å². The zero-order valence-electron chi connectivity index (χ0n) is 15.2. The Morgan fingerprint density at radius 2 is 1.83 bits per heavy atom. The van der Waals surface area contributed by atoms with Crippen LogP contribution in [0, 0.1) is 6.92 Å². The van der Waals surface area contributed by atoms with Crippen LogP contribution in [0.25, 0.3) is 6.08 Å². The standard InChI is InChI=1S/C18H25BBrNO3/c1-12-14(8-7-9-16(12)20)10-15(11-21-13(2)22)19-23-17(3,4)18(5,6)24-19/h7-10H,11H2,1-6H3,(H,21,22). The third-order valence-electron chi connectivity index (χ3n) is 4.75. The molecule has 4 nitrogen and oxygen atoms in total. The van der Waals surface area contributed by atoms with Crippen molar-refractivity contribution in [2.45, 2.75) is 52.7 Å². The lowest BCUT2D eigenvalue weighted by Gasteiger charge is -2.32. The minimum Gasteiger partial charge on any atom is -0.400 e. The topological polar surface area (TPSA) is 47.6 Å². The van der Waals surface area contributed by atoms with Crippen molar-refractivity contribution in [1.82, 2.24) is 5.32 Å². The first-order valence-corrected chi connectivity index (χ1v) is 8.88. The minimum atomic E-state index is -0.486. The van der Waals surface area contributed by atoms with Gasteiger partial charge in [-0.2, -0.15) is 0 Å². The molecule has 1 N–H and O–H groups in total. The van der Waals surface area contributed by atoms with Gasteiger partial charge in [-0.1, -0.05) is 34.1 Å². The summed E-state index contributed by atoms with van der Waals surface area (Å²) >= 11 is 3.56. The van der Waals surface area contributed by atoms with Crippen molar-refractivity contribution in [3.8, 4) is 0 Å². The second-order valence-electron chi connectivity index (χ2n) is 7.17. The van der Waals surface area contributed by atoms with Crippen molar-refractivity contribution in [1.29, 1.82) is 0 Å². The van der Waals surface area contributed by atoms with Gasteiger partial charge < -0.3 is 14.6 Å². The summed E-state index contributed by atoms with van der Waals surface area (Å²) in [5.41, 5.74) is 2.26. The second-order valence-corrected chi connectivity index (χ2v) is 8.03. The third kappa shape index (κ3) is 4.10. The van der Waals surface area contributed by atoms with Crippen molar-refractivity contribution >= 4 is 35.0 Å². The fourth-order valence-electron chi connectivity index (χ4n) is 2.40. The molecule has 1 fully saturated rings. The van der Waals surface area contributed by atoms with E-state index in [1.807, 2.05) is 52.0 Å². The lowest BCUT2D eigenvalue weighted by molar-refractivity contribution is -0.118. The Bertz CT molecular complexity index is 654. The second kappa shape index (κ2) is 7.02. The lowest BCUT2D eigenvalue weighted by Crippen LogP contribution is -2.41. The van der Waals surface area contributed by atoms with Gasteiger partial charge in [0, 0.05) is 17.9 Å². The van der Waals surface area contributed by atoms with Crippen LogP contribution in [0.3, 0.4) is 0 Å². The maximum atomic E-state index is 11.4. The first-order valence-electron chi connectivity index (χ1n) is 8.09. The van der Waals surface area contributed by atoms with E-state index in [4.69, 9.17) is 9.31 Å². The molecule has 0 aliphatic carbocycles. The molecule has 0 spiro atoms. The van der Waals surface area contributed by atoms with Gasteiger partial charge in [-0.05, 0) is 57.3 Å². The summed E-state index contributed by atoms with van der Waals surface area (Å²) in [5, 5.41) is 2.85. The highest BCUT2D eigenvalue weighted by Gasteiger charge is 2.52. The van der Waals surface area contributed by atoms with E-state index in [2.05, 4.69) is 28.2 Å². The molecule has 0 bridgehead atoms. The molecule has 0 aromatic heterocycles. The Labute approximate surface area is 153 Å². The molecule has 1 aliphatic heterocycles. The third-order valence-corrected chi connectivity index (χ3v) is 5.61. The summed E-state index contributed by atoms with van der Waals surface area (Å²) in [6, 6.07) is 6.04. The number of nitrogens with one attached hydrogen (secondary N) is 1. The van der Waals surface area contributed by atoms with Crippen LogP contribution >= 0.6 is 15.9 Å². The molecule has 1 aromatic rings. The Morgan fingerprint density at radius 1 is 1.25 bits per heavy atom. The summed E-state index contributed by atoms with van der Waals surface area (Å²) in [6.07, 6.45) is 2.04. The van der Waals surface area contributed by atoms with E-state index in [1.165, 1.54) is 6.92 Å².